The lowest BCUT2D eigenvalue weighted by Crippen LogP contribution is -3.00. The van der Waals surface area contributed by atoms with Gasteiger partial charge in [0, 0.05) is 5.56 Å². The first-order chi connectivity index (χ1) is 14.1. The second-order valence-electron chi connectivity index (χ2n) is 6.21. The molecule has 0 bridgehead atoms. The van der Waals surface area contributed by atoms with Crippen LogP contribution >= 0.6 is 11.6 Å². The van der Waals surface area contributed by atoms with Crippen LogP contribution in [0, 0.1) is 0 Å². The van der Waals surface area contributed by atoms with Crippen molar-refractivity contribution < 1.29 is 50.1 Å². The van der Waals surface area contributed by atoms with E-state index < -0.39 is 41.2 Å². The molecule has 2 heterocycles. The molecule has 3 N–H and O–H groups in total. The molecular formula is C18H15Cl2F3N4O4. The maximum absolute atomic E-state index is 13.0. The van der Waals surface area contributed by atoms with Gasteiger partial charge < -0.3 is 22.6 Å². The fraction of sp³-hybridized carbons (Fsp3) is 0.222. The summed E-state index contributed by atoms with van der Waals surface area (Å²) in [6, 6.07) is 5.29. The molecule has 13 heteroatoms. The predicted molar refractivity (Wildman–Crippen MR) is 98.1 cm³/mol. The van der Waals surface area contributed by atoms with Gasteiger partial charge in [-0.15, -0.1) is 0 Å². The van der Waals surface area contributed by atoms with Crippen molar-refractivity contribution in [1.82, 2.24) is 9.91 Å². The van der Waals surface area contributed by atoms with Crippen molar-refractivity contribution in [2.24, 2.45) is 5.10 Å². The molecule has 0 spiro atoms. The van der Waals surface area contributed by atoms with E-state index in [4.69, 9.17) is 16.0 Å². The topological polar surface area (TPSA) is 111 Å². The summed E-state index contributed by atoms with van der Waals surface area (Å²) in [5.41, 5.74) is 2.64. The predicted octanol–water partition coefficient (Wildman–Crippen LogP) is -0.620. The minimum atomic E-state index is -4.62. The normalized spacial score (nSPS) is 14.5. The minimum absolute atomic E-state index is 0. The van der Waals surface area contributed by atoms with Gasteiger partial charge in [0.15, 0.2) is 0 Å². The summed E-state index contributed by atoms with van der Waals surface area (Å²) in [4.78, 5) is 36.4. The van der Waals surface area contributed by atoms with E-state index in [1.165, 1.54) is 18.2 Å². The van der Waals surface area contributed by atoms with Crippen LogP contribution in [-0.2, 0) is 15.8 Å². The molecule has 1 aromatic heterocycles. The third kappa shape index (κ3) is 5.24. The van der Waals surface area contributed by atoms with Crippen molar-refractivity contribution >= 4 is 35.7 Å². The highest BCUT2D eigenvalue weighted by atomic mass is 35.5. The molecule has 1 aliphatic heterocycles. The van der Waals surface area contributed by atoms with E-state index in [1.807, 2.05) is 0 Å². The minimum Gasteiger partial charge on any atom is -1.00 e. The van der Waals surface area contributed by atoms with E-state index in [-0.39, 0.29) is 42.5 Å². The summed E-state index contributed by atoms with van der Waals surface area (Å²) < 4.78 is 44.5. The average molecular weight is 479 g/mol. The van der Waals surface area contributed by atoms with Crippen molar-refractivity contribution in [3.63, 3.8) is 0 Å². The summed E-state index contributed by atoms with van der Waals surface area (Å²) in [6.45, 7) is -0.188. The van der Waals surface area contributed by atoms with Crippen LogP contribution in [0.15, 0.2) is 39.9 Å². The lowest BCUT2D eigenvalue weighted by Gasteiger charge is -2.10. The summed E-state index contributed by atoms with van der Waals surface area (Å²) in [5, 5.41) is 4.18. The molecule has 1 aliphatic rings. The molecule has 8 nitrogen and oxygen atoms in total. The highest BCUT2D eigenvalue weighted by Gasteiger charge is 2.40. The molecule has 0 atom stereocenters. The number of rotatable bonds is 5. The lowest BCUT2D eigenvalue weighted by atomic mass is 10.1. The van der Waals surface area contributed by atoms with E-state index in [9.17, 15) is 27.6 Å². The number of carbonyl (C=O) groups excluding carboxylic acids is 3. The number of urea groups is 1. The molecule has 166 valence electrons. The fourth-order valence-corrected chi connectivity index (χ4v) is 2.91. The number of carbonyl (C=O) groups is 3. The highest BCUT2D eigenvalue weighted by Crippen LogP contribution is 2.37. The molecule has 4 amide bonds. The number of nitrogens with zero attached hydrogens (tertiary/aromatic N) is 3. The van der Waals surface area contributed by atoms with E-state index in [2.05, 4.69) is 10.8 Å². The standard InChI is InChI=1S/C18H14ClF3N4O4.ClH/c19-13-3-1-10(7-12(13)18(20,21)22)14-4-2-11(30-14)8-24-25-9-16(28)26(17(25)29)15(27)5-6-23;/h1-4,7-8H,5-6,9,23H2;1H. The Morgan fingerprint density at radius 3 is 2.61 bits per heavy atom. The Labute approximate surface area is 184 Å². The second-order valence-corrected chi connectivity index (χ2v) is 6.61. The van der Waals surface area contributed by atoms with Gasteiger partial charge in [0.2, 0.25) is 5.91 Å². The van der Waals surface area contributed by atoms with E-state index in [0.717, 1.165) is 23.4 Å². The number of hydrazone groups is 1. The number of hydrogen-bond acceptors (Lipinski definition) is 5. The molecule has 0 saturated carbocycles. The van der Waals surface area contributed by atoms with Gasteiger partial charge >= 0.3 is 12.2 Å². The molecule has 1 saturated heterocycles. The van der Waals surface area contributed by atoms with Crippen LogP contribution in [-0.4, -0.2) is 47.1 Å². The van der Waals surface area contributed by atoms with Crippen molar-refractivity contribution in [2.45, 2.75) is 12.6 Å². The number of halogens is 5. The number of hydrogen-bond donors (Lipinski definition) is 1. The summed E-state index contributed by atoms with van der Waals surface area (Å²) in [7, 11) is 0. The maximum Gasteiger partial charge on any atom is 0.417 e. The Morgan fingerprint density at radius 2 is 1.97 bits per heavy atom. The van der Waals surface area contributed by atoms with Crippen molar-refractivity contribution in [3.8, 4) is 11.3 Å². The SMILES string of the molecule is [Cl-].[NH3+]CCC(=O)N1C(=O)CN(N=Cc2ccc(-c3ccc(Cl)c(C(F)(F)F)c3)o2)C1=O. The average Bonchev–Trinajstić information content (AvgIpc) is 3.24. The van der Waals surface area contributed by atoms with E-state index in [1.54, 1.807) is 0 Å². The summed E-state index contributed by atoms with van der Waals surface area (Å²) in [6.07, 6.45) is -3.56. The Balaban J connectivity index is 0.00000341. The summed E-state index contributed by atoms with van der Waals surface area (Å²) in [5.74, 6) is -1.14. The van der Waals surface area contributed by atoms with Crippen molar-refractivity contribution in [3.05, 3.63) is 46.7 Å². The third-order valence-electron chi connectivity index (χ3n) is 4.09. The second kappa shape index (κ2) is 9.50. The zero-order valence-corrected chi connectivity index (χ0v) is 17.2. The van der Waals surface area contributed by atoms with Gasteiger partial charge in [0.1, 0.15) is 18.1 Å². The monoisotopic (exact) mass is 478 g/mol. The van der Waals surface area contributed by atoms with Crippen LogP contribution in [0.25, 0.3) is 11.3 Å². The third-order valence-corrected chi connectivity index (χ3v) is 4.42. The first-order valence-electron chi connectivity index (χ1n) is 8.59. The van der Waals surface area contributed by atoms with Crippen LogP contribution in [0.5, 0.6) is 0 Å². The van der Waals surface area contributed by atoms with Crippen molar-refractivity contribution in [1.29, 1.82) is 0 Å². The number of amides is 4. The van der Waals surface area contributed by atoms with Gasteiger partial charge in [0.05, 0.1) is 29.8 Å². The van der Waals surface area contributed by atoms with Gasteiger partial charge in [-0.2, -0.15) is 23.2 Å². The fourth-order valence-electron chi connectivity index (χ4n) is 2.69. The number of alkyl halides is 3. The smallest absolute Gasteiger partial charge is 0.417 e. The first kappa shape index (κ1) is 24.4. The Bertz CT molecular complexity index is 1040. The quantitative estimate of drug-likeness (QED) is 0.455. The Kier molecular flexibility index (Phi) is 7.47. The van der Waals surface area contributed by atoms with Crippen LogP contribution in [0.4, 0.5) is 18.0 Å². The molecule has 1 aromatic carbocycles. The maximum atomic E-state index is 13.0. The Hall–Kier alpha value is -2.89. The van der Waals surface area contributed by atoms with Gasteiger partial charge in [-0.05, 0) is 30.3 Å². The molecule has 2 aromatic rings. The number of benzene rings is 1. The molecule has 1 fully saturated rings. The number of furan rings is 1. The molecule has 3 rings (SSSR count). The Morgan fingerprint density at radius 1 is 1.26 bits per heavy atom. The van der Waals surface area contributed by atoms with Crippen LogP contribution < -0.4 is 18.1 Å². The molecular weight excluding hydrogens is 464 g/mol. The molecule has 0 aliphatic carbocycles. The lowest BCUT2D eigenvalue weighted by molar-refractivity contribution is -0.366. The zero-order chi connectivity index (χ0) is 22.1. The van der Waals surface area contributed by atoms with E-state index >= 15 is 0 Å². The number of quaternary nitrogens is 1. The molecule has 31 heavy (non-hydrogen) atoms. The molecule has 0 radical (unpaired) electrons. The van der Waals surface area contributed by atoms with Crippen LogP contribution in [0.3, 0.4) is 0 Å². The first-order valence-corrected chi connectivity index (χ1v) is 8.97. The van der Waals surface area contributed by atoms with Crippen LogP contribution in [0.1, 0.15) is 17.7 Å². The molecule has 0 unspecified atom stereocenters. The van der Waals surface area contributed by atoms with E-state index in [0.29, 0.717) is 4.90 Å². The zero-order valence-electron chi connectivity index (χ0n) is 15.7. The van der Waals surface area contributed by atoms with Crippen molar-refractivity contribution in [2.75, 3.05) is 13.1 Å². The van der Waals surface area contributed by atoms with Gasteiger partial charge in [0.25, 0.3) is 5.91 Å². The van der Waals surface area contributed by atoms with Crippen LogP contribution in [0.2, 0.25) is 5.02 Å². The summed E-state index contributed by atoms with van der Waals surface area (Å²) >= 11 is 5.61. The number of imide groups is 3. The van der Waals surface area contributed by atoms with Gasteiger partial charge in [-0.25, -0.2) is 9.80 Å². The highest BCUT2D eigenvalue weighted by molar-refractivity contribution is 6.31. The van der Waals surface area contributed by atoms with Gasteiger partial charge in [-0.1, -0.05) is 11.6 Å². The van der Waals surface area contributed by atoms with Gasteiger partial charge in [-0.3, -0.25) is 9.59 Å². The largest absolute Gasteiger partial charge is 1.00 e.